The molecule has 0 N–H and O–H groups in total. The number of imide groups is 2. The number of carbonyl (C=O) groups is 4. The zero-order valence-electron chi connectivity index (χ0n) is 50.0. The number of amides is 4. The highest BCUT2D eigenvalue weighted by molar-refractivity contribution is 6.48. The number of nitrogens with zero attached hydrogens (tertiary/aromatic N) is 2. The van der Waals surface area contributed by atoms with Crippen molar-refractivity contribution in [2.75, 3.05) is 9.80 Å². The third-order valence-electron chi connectivity index (χ3n) is 17.6. The van der Waals surface area contributed by atoms with Gasteiger partial charge < -0.3 is 18.9 Å². The molecule has 10 nitrogen and oxygen atoms in total. The molecule has 94 heavy (non-hydrogen) atoms. The first-order valence-corrected chi connectivity index (χ1v) is 30.9. The van der Waals surface area contributed by atoms with Gasteiger partial charge in [-0.05, 0) is 95.1 Å². The maximum atomic E-state index is 16.6. The summed E-state index contributed by atoms with van der Waals surface area (Å²) < 4.78 is 29.0. The maximum Gasteiger partial charge on any atom is 0.266 e. The van der Waals surface area contributed by atoms with Gasteiger partial charge in [-0.25, -0.2) is 9.80 Å². The summed E-state index contributed by atoms with van der Waals surface area (Å²) in [7, 11) is 0. The van der Waals surface area contributed by atoms with Gasteiger partial charge in [0.15, 0.2) is 0 Å². The molecular formula is C84H50N2O8. The Bertz CT molecular complexity index is 4870. The Morgan fingerprint density at radius 2 is 0.394 bits per heavy atom. The minimum Gasteiger partial charge on any atom is -0.457 e. The molecule has 0 spiro atoms. The number of para-hydroxylation sites is 6. The van der Waals surface area contributed by atoms with E-state index in [-0.39, 0.29) is 45.3 Å². The lowest BCUT2D eigenvalue weighted by atomic mass is 9.80. The molecule has 15 aromatic carbocycles. The van der Waals surface area contributed by atoms with Crippen LogP contribution in [0.3, 0.4) is 0 Å². The highest BCUT2D eigenvalue weighted by Gasteiger charge is 2.44. The minimum atomic E-state index is -0.607. The fraction of sp³-hybridized carbons (Fsp3) is 0. The molecule has 10 heteroatoms. The van der Waals surface area contributed by atoms with Crippen molar-refractivity contribution in [1.82, 2.24) is 0 Å². The molecular weight excluding hydrogens is 1160 g/mol. The summed E-state index contributed by atoms with van der Waals surface area (Å²) in [4.78, 5) is 69.1. The Balaban J connectivity index is 1.04. The number of hydrogen-bond donors (Lipinski definition) is 0. The number of anilines is 2. The third kappa shape index (κ3) is 9.03. The van der Waals surface area contributed by atoms with E-state index in [1.807, 2.05) is 279 Å². The predicted molar refractivity (Wildman–Crippen MR) is 371 cm³/mol. The summed E-state index contributed by atoms with van der Waals surface area (Å²) in [5.74, 6) is 0.108. The SMILES string of the molecule is O=C1c2cc(Oc3ccccc3)c3c4c(Oc5ccccc5)cc5c6c(cc(Oc7ccccc7)c(c7c(Oc8ccccc8)cc(c2c37)C(=O)N1c1c(-c2ccccc2)cccc1-c1ccccc1)c64)C(=O)N(c1c(-c2ccccc2)cccc1-c1ccccc1)C5=O. The van der Waals surface area contributed by atoms with Gasteiger partial charge in [0.1, 0.15) is 46.0 Å². The van der Waals surface area contributed by atoms with E-state index in [4.69, 9.17) is 18.9 Å². The van der Waals surface area contributed by atoms with Gasteiger partial charge in [-0.1, -0.05) is 231 Å². The molecule has 0 fully saturated rings. The monoisotopic (exact) mass is 1210 g/mol. The van der Waals surface area contributed by atoms with Gasteiger partial charge in [0.05, 0.1) is 33.6 Å². The molecule has 2 aliphatic heterocycles. The molecule has 17 rings (SSSR count). The zero-order valence-corrected chi connectivity index (χ0v) is 50.0. The van der Waals surface area contributed by atoms with Crippen LogP contribution in [-0.2, 0) is 0 Å². The number of benzene rings is 15. The molecule has 0 saturated heterocycles. The van der Waals surface area contributed by atoms with Gasteiger partial charge in [0.2, 0.25) is 0 Å². The Morgan fingerprint density at radius 3 is 0.606 bits per heavy atom. The molecule has 0 aliphatic carbocycles. The van der Waals surface area contributed by atoms with E-state index in [0.29, 0.717) is 99.7 Å². The molecule has 0 unspecified atom stereocenters. The number of hydrogen-bond acceptors (Lipinski definition) is 8. The third-order valence-corrected chi connectivity index (χ3v) is 17.6. The second-order valence-corrected chi connectivity index (χ2v) is 23.1. The van der Waals surface area contributed by atoms with Crippen LogP contribution in [-0.4, -0.2) is 23.6 Å². The Labute approximate surface area is 539 Å². The quantitative estimate of drug-likeness (QED) is 0.0601. The van der Waals surface area contributed by atoms with Crippen molar-refractivity contribution in [2.24, 2.45) is 0 Å². The van der Waals surface area contributed by atoms with Crippen LogP contribution in [0.2, 0.25) is 0 Å². The van der Waals surface area contributed by atoms with E-state index in [1.165, 1.54) is 9.80 Å². The Morgan fingerprint density at radius 1 is 0.191 bits per heavy atom. The average molecular weight is 1220 g/mol. The summed E-state index contributed by atoms with van der Waals surface area (Å²) in [6.45, 7) is 0. The molecule has 15 aromatic rings. The van der Waals surface area contributed by atoms with Crippen molar-refractivity contribution in [1.29, 1.82) is 0 Å². The fourth-order valence-corrected chi connectivity index (χ4v) is 13.7. The van der Waals surface area contributed by atoms with Gasteiger partial charge in [-0.2, -0.15) is 0 Å². The lowest BCUT2D eigenvalue weighted by Crippen LogP contribution is -2.41. The van der Waals surface area contributed by atoms with Crippen molar-refractivity contribution < 1.29 is 38.1 Å². The number of fused-ring (bicyclic) bond motifs is 2. The molecule has 444 valence electrons. The molecule has 0 atom stereocenters. The molecule has 2 aliphatic rings. The molecule has 0 bridgehead atoms. The van der Waals surface area contributed by atoms with Crippen LogP contribution in [0.15, 0.2) is 303 Å². The van der Waals surface area contributed by atoms with Crippen LogP contribution < -0.4 is 28.7 Å². The van der Waals surface area contributed by atoms with Crippen LogP contribution in [0, 0.1) is 0 Å². The standard InChI is InChI=1S/C84H50N2O8/c87-81-63-47-67(91-55-35-17-5-18-36-55)73-75-69(93-57-39-21-7-22-40-57)49-65-72-66(84(90)86(83(65)89)80-61(53-31-13-3-14-32-53)45-26-46-62(80)54-33-15-4-16-34-54)50-70(94-58-41-23-8-24-42-58)76(78(72)75)74-68(92-56-37-19-6-20-38-56)48-64(71(63)77(73)74)82(88)85(81)79-59(51-27-9-1-10-28-51)43-25-44-60(79)52-29-11-2-12-30-52/h1-50H. The normalized spacial score (nSPS) is 12.7. The van der Waals surface area contributed by atoms with Gasteiger partial charge >= 0.3 is 0 Å². The lowest BCUT2D eigenvalue weighted by Gasteiger charge is -2.34. The van der Waals surface area contributed by atoms with Crippen molar-refractivity contribution in [3.05, 3.63) is 326 Å². The summed E-state index contributed by atoms with van der Waals surface area (Å²) >= 11 is 0. The van der Waals surface area contributed by atoms with Gasteiger partial charge in [-0.15, -0.1) is 0 Å². The van der Waals surface area contributed by atoms with Crippen LogP contribution in [0.1, 0.15) is 41.4 Å². The minimum absolute atomic E-state index is 0.158. The van der Waals surface area contributed by atoms with E-state index < -0.39 is 23.6 Å². The van der Waals surface area contributed by atoms with E-state index >= 15 is 19.2 Å². The summed E-state index contributed by atoms with van der Waals surface area (Å²) in [5, 5.41) is 3.03. The van der Waals surface area contributed by atoms with E-state index in [0.717, 1.165) is 22.3 Å². The highest BCUT2D eigenvalue weighted by atomic mass is 16.5. The molecule has 2 heterocycles. The Hall–Kier alpha value is -12.9. The highest BCUT2D eigenvalue weighted by Crippen LogP contribution is 2.59. The smallest absolute Gasteiger partial charge is 0.266 e. The molecule has 0 aromatic heterocycles. The topological polar surface area (TPSA) is 112 Å². The molecule has 0 radical (unpaired) electrons. The molecule has 0 saturated carbocycles. The number of carbonyl (C=O) groups excluding carboxylic acids is 4. The van der Waals surface area contributed by atoms with Gasteiger partial charge in [-0.3, -0.25) is 19.2 Å². The van der Waals surface area contributed by atoms with Crippen LogP contribution in [0.5, 0.6) is 46.0 Å². The largest absolute Gasteiger partial charge is 0.457 e. The van der Waals surface area contributed by atoms with Gasteiger partial charge in [0.25, 0.3) is 23.6 Å². The van der Waals surface area contributed by atoms with Crippen molar-refractivity contribution in [2.45, 2.75) is 0 Å². The van der Waals surface area contributed by atoms with Crippen LogP contribution >= 0.6 is 0 Å². The summed E-state index contributed by atoms with van der Waals surface area (Å²) in [6, 6.07) is 94.3. The van der Waals surface area contributed by atoms with Gasteiger partial charge in [0, 0.05) is 65.3 Å². The van der Waals surface area contributed by atoms with E-state index in [2.05, 4.69) is 0 Å². The van der Waals surface area contributed by atoms with Crippen LogP contribution in [0.4, 0.5) is 11.4 Å². The van der Waals surface area contributed by atoms with Crippen LogP contribution in [0.25, 0.3) is 87.6 Å². The predicted octanol–water partition coefficient (Wildman–Crippen LogP) is 21.2. The van der Waals surface area contributed by atoms with Crippen molar-refractivity contribution >= 4 is 78.1 Å². The maximum absolute atomic E-state index is 16.6. The number of ether oxygens (including phenoxy) is 4. The second-order valence-electron chi connectivity index (χ2n) is 23.1. The fourth-order valence-electron chi connectivity index (χ4n) is 13.7. The first-order chi connectivity index (χ1) is 46.3. The van der Waals surface area contributed by atoms with Crippen molar-refractivity contribution in [3.63, 3.8) is 0 Å². The summed E-state index contributed by atoms with van der Waals surface area (Å²) in [5.41, 5.74) is 7.18. The summed E-state index contributed by atoms with van der Waals surface area (Å²) in [6.07, 6.45) is 0. The van der Waals surface area contributed by atoms with Crippen molar-refractivity contribution in [3.8, 4) is 90.5 Å². The Kier molecular flexibility index (Phi) is 13.2. The average Bonchev–Trinajstić information content (AvgIpc) is 0.671. The van der Waals surface area contributed by atoms with E-state index in [1.54, 1.807) is 24.3 Å². The number of rotatable bonds is 14. The molecule has 4 amide bonds. The first-order valence-electron chi connectivity index (χ1n) is 30.9. The van der Waals surface area contributed by atoms with E-state index in [9.17, 15) is 0 Å². The first kappa shape index (κ1) is 55.2. The lowest BCUT2D eigenvalue weighted by molar-refractivity contribution is 0.0878. The second kappa shape index (κ2) is 22.5. The zero-order chi connectivity index (χ0) is 63.0.